The molecular weight excluding hydrogens is 382 g/mol. The molecule has 0 saturated heterocycles. The van der Waals surface area contributed by atoms with Crippen LogP contribution in [0.4, 0.5) is 0 Å². The van der Waals surface area contributed by atoms with Crippen LogP contribution in [0.25, 0.3) is 22.3 Å². The summed E-state index contributed by atoms with van der Waals surface area (Å²) in [6.45, 7) is 13.1. The standard InChI is InChI=1S/C24H25.2CH3.Ga/c1-15-10-17(3)23(18(4)11-15)21-8-7-9-22(14-21)24-19(5)12-16(2)13-20(24)6;;;/h7-13H,1-6H3;2*1H3;/q3*-1;+3. The summed E-state index contributed by atoms with van der Waals surface area (Å²) in [6, 6.07) is 19.2. The van der Waals surface area contributed by atoms with E-state index in [-0.39, 0.29) is 34.6 Å². The molecule has 0 bridgehead atoms. The Bertz CT molecular complexity index is 800. The topological polar surface area (TPSA) is 0 Å². The first-order valence-corrected chi connectivity index (χ1v) is 8.55. The van der Waals surface area contributed by atoms with Crippen molar-refractivity contribution >= 4 is 19.8 Å². The normalized spacial score (nSPS) is 9.70. The van der Waals surface area contributed by atoms with Crippen molar-refractivity contribution in [2.75, 3.05) is 0 Å². The Morgan fingerprint density at radius 3 is 1.15 bits per heavy atom. The summed E-state index contributed by atoms with van der Waals surface area (Å²) in [5.41, 5.74) is 12.9. The second kappa shape index (κ2) is 10.0. The predicted octanol–water partition coefficient (Wildman–Crippen LogP) is 7.19. The molecular formula is C26H31Ga. The second-order valence-corrected chi connectivity index (χ2v) is 7.03. The summed E-state index contributed by atoms with van der Waals surface area (Å²) in [5.74, 6) is 0. The Morgan fingerprint density at radius 2 is 0.852 bits per heavy atom. The van der Waals surface area contributed by atoms with Crippen LogP contribution in [0.15, 0.2) is 42.5 Å². The van der Waals surface area contributed by atoms with Gasteiger partial charge >= 0.3 is 19.8 Å². The van der Waals surface area contributed by atoms with Gasteiger partial charge in [0.05, 0.1) is 0 Å². The molecule has 0 saturated carbocycles. The third-order valence-electron chi connectivity index (χ3n) is 4.69. The van der Waals surface area contributed by atoms with Crippen molar-refractivity contribution in [1.82, 2.24) is 0 Å². The quantitative estimate of drug-likeness (QED) is 0.308. The van der Waals surface area contributed by atoms with E-state index in [1.54, 1.807) is 0 Å². The molecule has 0 spiro atoms. The van der Waals surface area contributed by atoms with E-state index in [1.165, 1.54) is 55.6 Å². The molecule has 27 heavy (non-hydrogen) atoms. The van der Waals surface area contributed by atoms with Crippen LogP contribution in [-0.4, -0.2) is 19.8 Å². The fraction of sp³-hybridized carbons (Fsp3) is 0.231. The van der Waals surface area contributed by atoms with Gasteiger partial charge in [0.25, 0.3) is 0 Å². The summed E-state index contributed by atoms with van der Waals surface area (Å²) in [5, 5.41) is 0. The molecule has 0 aliphatic carbocycles. The molecule has 0 amide bonds. The molecule has 3 aromatic carbocycles. The number of hydrogen-bond acceptors (Lipinski definition) is 0. The molecule has 0 heterocycles. The molecule has 0 unspecified atom stereocenters. The van der Waals surface area contributed by atoms with Gasteiger partial charge in [-0.05, 0) is 41.5 Å². The third kappa shape index (κ3) is 5.18. The van der Waals surface area contributed by atoms with Gasteiger partial charge in [-0.3, -0.25) is 0 Å². The van der Waals surface area contributed by atoms with Crippen LogP contribution in [0.3, 0.4) is 0 Å². The Balaban J connectivity index is 0.00000225. The van der Waals surface area contributed by atoms with Crippen LogP contribution in [0.5, 0.6) is 0 Å². The van der Waals surface area contributed by atoms with Crippen LogP contribution >= 0.6 is 0 Å². The van der Waals surface area contributed by atoms with Gasteiger partial charge < -0.3 is 14.9 Å². The average Bonchev–Trinajstić information content (AvgIpc) is 2.45. The van der Waals surface area contributed by atoms with Gasteiger partial charge in [0.2, 0.25) is 0 Å². The largest absolute Gasteiger partial charge is 3.00 e. The van der Waals surface area contributed by atoms with Crippen molar-refractivity contribution in [3.05, 3.63) is 96.8 Å². The molecule has 0 atom stereocenters. The number of hydrogen-bond donors (Lipinski definition) is 0. The minimum absolute atomic E-state index is 0. The summed E-state index contributed by atoms with van der Waals surface area (Å²) < 4.78 is 0. The molecule has 0 fully saturated rings. The van der Waals surface area contributed by atoms with E-state index in [1.807, 2.05) is 0 Å². The molecule has 3 aromatic rings. The molecule has 0 nitrogen and oxygen atoms in total. The summed E-state index contributed by atoms with van der Waals surface area (Å²) in [6.07, 6.45) is 0. The van der Waals surface area contributed by atoms with Crippen LogP contribution < -0.4 is 0 Å². The van der Waals surface area contributed by atoms with E-state index in [0.29, 0.717) is 0 Å². The van der Waals surface area contributed by atoms with Gasteiger partial charge in [-0.15, -0.1) is 35.4 Å². The van der Waals surface area contributed by atoms with Gasteiger partial charge in [-0.2, -0.15) is 0 Å². The maximum absolute atomic E-state index is 3.68. The zero-order valence-electron chi connectivity index (χ0n) is 18.1. The van der Waals surface area contributed by atoms with Crippen molar-refractivity contribution in [1.29, 1.82) is 0 Å². The van der Waals surface area contributed by atoms with Crippen LogP contribution in [0.1, 0.15) is 33.4 Å². The predicted molar refractivity (Wildman–Crippen MR) is 123 cm³/mol. The van der Waals surface area contributed by atoms with Crippen molar-refractivity contribution in [3.63, 3.8) is 0 Å². The first-order chi connectivity index (χ1) is 11.4. The Morgan fingerprint density at radius 1 is 0.556 bits per heavy atom. The summed E-state index contributed by atoms with van der Waals surface area (Å²) >= 11 is 0. The number of rotatable bonds is 2. The summed E-state index contributed by atoms with van der Waals surface area (Å²) in [7, 11) is 0. The zero-order chi connectivity index (χ0) is 17.4. The van der Waals surface area contributed by atoms with Gasteiger partial charge in [-0.1, -0.05) is 68.8 Å². The molecule has 0 aromatic heterocycles. The number of aryl methyl sites for hydroxylation is 6. The van der Waals surface area contributed by atoms with Gasteiger partial charge in [0, 0.05) is 0 Å². The maximum atomic E-state index is 3.68. The van der Waals surface area contributed by atoms with Gasteiger partial charge in [0.15, 0.2) is 0 Å². The SMILES string of the molecule is Cc1cc(C)c(-c2[c-]c(-c3c(C)cc(C)cc3C)ccc2)c(C)c1.[CH3-].[CH3-].[Ga+3]. The Kier molecular flexibility index (Phi) is 9.38. The van der Waals surface area contributed by atoms with E-state index in [2.05, 4.69) is 90.1 Å². The number of benzene rings is 3. The van der Waals surface area contributed by atoms with Gasteiger partial charge in [0.1, 0.15) is 0 Å². The monoisotopic (exact) mass is 412 g/mol. The first kappa shape index (κ1) is 25.3. The molecule has 0 aliphatic heterocycles. The molecule has 1 heteroatoms. The fourth-order valence-corrected chi connectivity index (χ4v) is 3.97. The van der Waals surface area contributed by atoms with Gasteiger partial charge in [-0.25, -0.2) is 0 Å². The Hall–Kier alpha value is -1.70. The van der Waals surface area contributed by atoms with Crippen molar-refractivity contribution < 1.29 is 0 Å². The van der Waals surface area contributed by atoms with E-state index in [4.69, 9.17) is 0 Å². The molecule has 0 aliphatic rings. The summed E-state index contributed by atoms with van der Waals surface area (Å²) in [4.78, 5) is 0. The van der Waals surface area contributed by atoms with Crippen molar-refractivity contribution in [2.24, 2.45) is 0 Å². The maximum Gasteiger partial charge on any atom is 3.00 e. The minimum Gasteiger partial charge on any atom is -0.358 e. The average molecular weight is 413 g/mol. The molecule has 138 valence electrons. The zero-order valence-corrected chi connectivity index (χ0v) is 20.5. The smallest absolute Gasteiger partial charge is 0.358 e. The molecule has 3 rings (SSSR count). The minimum atomic E-state index is 0. The first-order valence-electron chi connectivity index (χ1n) is 8.55. The fourth-order valence-electron chi connectivity index (χ4n) is 3.97. The second-order valence-electron chi connectivity index (χ2n) is 7.03. The van der Waals surface area contributed by atoms with Crippen LogP contribution in [0, 0.1) is 62.5 Å². The van der Waals surface area contributed by atoms with E-state index < -0.39 is 0 Å². The Labute approximate surface area is 180 Å². The van der Waals surface area contributed by atoms with Crippen molar-refractivity contribution in [3.8, 4) is 22.3 Å². The van der Waals surface area contributed by atoms with Crippen molar-refractivity contribution in [2.45, 2.75) is 41.5 Å². The molecule has 0 N–H and O–H groups in total. The van der Waals surface area contributed by atoms with E-state index in [0.717, 1.165) is 0 Å². The van der Waals surface area contributed by atoms with Crippen LogP contribution in [-0.2, 0) is 0 Å². The van der Waals surface area contributed by atoms with E-state index in [9.17, 15) is 0 Å². The third-order valence-corrected chi connectivity index (χ3v) is 4.69. The van der Waals surface area contributed by atoms with E-state index >= 15 is 0 Å². The van der Waals surface area contributed by atoms with Crippen LogP contribution in [0.2, 0.25) is 0 Å². The molecule has 0 radical (unpaired) electrons.